The number of nitrogens with two attached hydrogens (primary N) is 1. The van der Waals surface area contributed by atoms with Crippen LogP contribution in [0.4, 0.5) is 0 Å². The van der Waals surface area contributed by atoms with Crippen LogP contribution in [0.1, 0.15) is 24.6 Å². The summed E-state index contributed by atoms with van der Waals surface area (Å²) in [6.07, 6.45) is 5.27. The highest BCUT2D eigenvalue weighted by Crippen LogP contribution is 2.27. The van der Waals surface area contributed by atoms with Crippen molar-refractivity contribution in [1.82, 2.24) is 9.97 Å². The van der Waals surface area contributed by atoms with Crippen molar-refractivity contribution in [2.75, 3.05) is 13.7 Å². The number of methoxy groups -OCH3 is 1. The highest BCUT2D eigenvalue weighted by molar-refractivity contribution is 5.22. The Labute approximate surface area is 88.6 Å². The standard InChI is InChI=1S/C10H15N3O2/c1-14-10-9(12-4-5-13-10)8(11)7-3-2-6-15-7/h4-5,7-8H,2-3,6,11H2,1H3. The van der Waals surface area contributed by atoms with E-state index < -0.39 is 0 Å². The summed E-state index contributed by atoms with van der Waals surface area (Å²) in [6.45, 7) is 0.779. The van der Waals surface area contributed by atoms with E-state index >= 15 is 0 Å². The molecule has 5 nitrogen and oxygen atoms in total. The van der Waals surface area contributed by atoms with Gasteiger partial charge in [0.1, 0.15) is 5.69 Å². The summed E-state index contributed by atoms with van der Waals surface area (Å²) in [5.74, 6) is 0.487. The Bertz CT molecular complexity index is 326. The van der Waals surface area contributed by atoms with Crippen LogP contribution in [-0.2, 0) is 4.74 Å². The minimum atomic E-state index is -0.254. The van der Waals surface area contributed by atoms with Crippen LogP contribution in [0.15, 0.2) is 12.4 Å². The average Bonchev–Trinajstić information content (AvgIpc) is 2.81. The summed E-state index contributed by atoms with van der Waals surface area (Å²) in [6, 6.07) is -0.254. The molecule has 1 aromatic heterocycles. The van der Waals surface area contributed by atoms with Gasteiger partial charge in [0.05, 0.1) is 19.3 Å². The second-order valence-electron chi connectivity index (χ2n) is 3.53. The fourth-order valence-electron chi connectivity index (χ4n) is 1.78. The van der Waals surface area contributed by atoms with Crippen LogP contribution in [0, 0.1) is 0 Å². The zero-order valence-corrected chi connectivity index (χ0v) is 8.72. The Morgan fingerprint density at radius 3 is 3.00 bits per heavy atom. The van der Waals surface area contributed by atoms with Crippen LogP contribution in [0.25, 0.3) is 0 Å². The van der Waals surface area contributed by atoms with Crippen LogP contribution in [0.5, 0.6) is 5.88 Å². The van der Waals surface area contributed by atoms with Gasteiger partial charge in [-0.15, -0.1) is 0 Å². The number of rotatable bonds is 3. The van der Waals surface area contributed by atoms with Gasteiger partial charge in [0.25, 0.3) is 0 Å². The first kappa shape index (κ1) is 10.3. The minimum Gasteiger partial charge on any atom is -0.480 e. The molecule has 0 saturated carbocycles. The van der Waals surface area contributed by atoms with Gasteiger partial charge < -0.3 is 15.2 Å². The van der Waals surface area contributed by atoms with Crippen LogP contribution in [0.2, 0.25) is 0 Å². The predicted molar refractivity (Wildman–Crippen MR) is 54.5 cm³/mol. The molecule has 0 aromatic carbocycles. The van der Waals surface area contributed by atoms with E-state index in [-0.39, 0.29) is 12.1 Å². The number of ether oxygens (including phenoxy) is 2. The lowest BCUT2D eigenvalue weighted by molar-refractivity contribution is 0.0878. The summed E-state index contributed by atoms with van der Waals surface area (Å²) in [5.41, 5.74) is 6.74. The molecule has 0 radical (unpaired) electrons. The van der Waals surface area contributed by atoms with Gasteiger partial charge in [-0.05, 0) is 12.8 Å². The smallest absolute Gasteiger partial charge is 0.237 e. The lowest BCUT2D eigenvalue weighted by Gasteiger charge is -2.18. The topological polar surface area (TPSA) is 70.3 Å². The second kappa shape index (κ2) is 4.55. The Morgan fingerprint density at radius 2 is 2.33 bits per heavy atom. The second-order valence-corrected chi connectivity index (χ2v) is 3.53. The number of nitrogens with zero attached hydrogens (tertiary/aromatic N) is 2. The Kier molecular flexibility index (Phi) is 3.13. The minimum absolute atomic E-state index is 0.0376. The van der Waals surface area contributed by atoms with Crippen molar-refractivity contribution in [2.45, 2.75) is 25.0 Å². The molecule has 1 saturated heterocycles. The summed E-state index contributed by atoms with van der Waals surface area (Å²) < 4.78 is 10.6. The molecule has 2 heterocycles. The van der Waals surface area contributed by atoms with E-state index in [0.29, 0.717) is 11.6 Å². The Balaban J connectivity index is 2.19. The van der Waals surface area contributed by atoms with Crippen molar-refractivity contribution in [2.24, 2.45) is 5.73 Å². The molecule has 2 atom stereocenters. The molecule has 1 aromatic rings. The Hall–Kier alpha value is -1.20. The number of hydrogen-bond donors (Lipinski definition) is 1. The molecular formula is C10H15N3O2. The van der Waals surface area contributed by atoms with Gasteiger partial charge in [-0.2, -0.15) is 0 Å². The normalized spacial score (nSPS) is 22.7. The molecule has 1 aliphatic heterocycles. The van der Waals surface area contributed by atoms with Gasteiger partial charge in [-0.25, -0.2) is 4.98 Å². The van der Waals surface area contributed by atoms with E-state index in [2.05, 4.69) is 9.97 Å². The zero-order valence-electron chi connectivity index (χ0n) is 8.72. The first-order valence-corrected chi connectivity index (χ1v) is 5.05. The van der Waals surface area contributed by atoms with E-state index in [1.807, 2.05) is 0 Å². The molecule has 2 rings (SSSR count). The summed E-state index contributed by atoms with van der Waals surface area (Å²) in [5, 5.41) is 0. The van der Waals surface area contributed by atoms with Gasteiger partial charge in [0.2, 0.25) is 5.88 Å². The molecule has 1 fully saturated rings. The first-order valence-electron chi connectivity index (χ1n) is 5.05. The number of aromatic nitrogens is 2. The largest absolute Gasteiger partial charge is 0.480 e. The molecule has 82 valence electrons. The predicted octanol–water partition coefficient (Wildman–Crippen LogP) is 0.664. The van der Waals surface area contributed by atoms with E-state index in [0.717, 1.165) is 19.4 Å². The molecule has 2 N–H and O–H groups in total. The van der Waals surface area contributed by atoms with Gasteiger partial charge in [0.15, 0.2) is 0 Å². The van der Waals surface area contributed by atoms with Gasteiger partial charge >= 0.3 is 0 Å². The van der Waals surface area contributed by atoms with Crippen molar-refractivity contribution in [1.29, 1.82) is 0 Å². The van der Waals surface area contributed by atoms with Crippen LogP contribution in [-0.4, -0.2) is 29.8 Å². The maximum absolute atomic E-state index is 6.07. The van der Waals surface area contributed by atoms with Crippen LogP contribution in [0.3, 0.4) is 0 Å². The fraction of sp³-hybridized carbons (Fsp3) is 0.600. The van der Waals surface area contributed by atoms with Crippen LogP contribution < -0.4 is 10.5 Å². The lowest BCUT2D eigenvalue weighted by Crippen LogP contribution is -2.27. The highest BCUT2D eigenvalue weighted by Gasteiger charge is 2.27. The van der Waals surface area contributed by atoms with Crippen molar-refractivity contribution < 1.29 is 9.47 Å². The SMILES string of the molecule is COc1nccnc1C(N)C1CCCO1. The van der Waals surface area contributed by atoms with E-state index in [9.17, 15) is 0 Å². The summed E-state index contributed by atoms with van der Waals surface area (Å²) >= 11 is 0. The average molecular weight is 209 g/mol. The van der Waals surface area contributed by atoms with Crippen molar-refractivity contribution in [3.63, 3.8) is 0 Å². The molecular weight excluding hydrogens is 194 g/mol. The lowest BCUT2D eigenvalue weighted by atomic mass is 10.1. The number of hydrogen-bond acceptors (Lipinski definition) is 5. The third-order valence-electron chi connectivity index (χ3n) is 2.57. The third-order valence-corrected chi connectivity index (χ3v) is 2.57. The van der Waals surface area contributed by atoms with Crippen molar-refractivity contribution >= 4 is 0 Å². The van der Waals surface area contributed by atoms with E-state index in [1.165, 1.54) is 0 Å². The summed E-state index contributed by atoms with van der Waals surface area (Å²) in [4.78, 5) is 8.27. The molecule has 0 bridgehead atoms. The third kappa shape index (κ3) is 2.08. The summed E-state index contributed by atoms with van der Waals surface area (Å²) in [7, 11) is 1.57. The van der Waals surface area contributed by atoms with Crippen molar-refractivity contribution in [3.8, 4) is 5.88 Å². The fourth-order valence-corrected chi connectivity index (χ4v) is 1.78. The van der Waals surface area contributed by atoms with Gasteiger partial charge in [0, 0.05) is 19.0 Å². The van der Waals surface area contributed by atoms with Gasteiger partial charge in [-0.1, -0.05) is 0 Å². The molecule has 0 amide bonds. The zero-order chi connectivity index (χ0) is 10.7. The molecule has 15 heavy (non-hydrogen) atoms. The van der Waals surface area contributed by atoms with Crippen molar-refractivity contribution in [3.05, 3.63) is 18.1 Å². The van der Waals surface area contributed by atoms with E-state index in [4.69, 9.17) is 15.2 Å². The first-order chi connectivity index (χ1) is 7.33. The van der Waals surface area contributed by atoms with Crippen LogP contribution >= 0.6 is 0 Å². The maximum atomic E-state index is 6.07. The molecule has 0 spiro atoms. The highest BCUT2D eigenvalue weighted by atomic mass is 16.5. The molecule has 5 heteroatoms. The Morgan fingerprint density at radius 1 is 1.53 bits per heavy atom. The van der Waals surface area contributed by atoms with E-state index in [1.54, 1.807) is 19.5 Å². The monoisotopic (exact) mass is 209 g/mol. The molecule has 0 aliphatic carbocycles. The molecule has 2 unspecified atom stereocenters. The van der Waals surface area contributed by atoms with Gasteiger partial charge in [-0.3, -0.25) is 4.98 Å². The quantitative estimate of drug-likeness (QED) is 0.792. The molecule has 1 aliphatic rings. The maximum Gasteiger partial charge on any atom is 0.237 e.